The summed E-state index contributed by atoms with van der Waals surface area (Å²) in [5.41, 5.74) is 11.3. The molecule has 0 amide bonds. The van der Waals surface area contributed by atoms with E-state index in [1.165, 1.54) is 0 Å². The Labute approximate surface area is 114 Å². The van der Waals surface area contributed by atoms with Crippen LogP contribution in [-0.4, -0.2) is 9.97 Å². The third-order valence-electron chi connectivity index (χ3n) is 2.75. The number of rotatable bonds is 3. The fourth-order valence-electron chi connectivity index (χ4n) is 1.88. The normalized spacial score (nSPS) is 12.4. The molecule has 0 bridgehead atoms. The van der Waals surface area contributed by atoms with Crippen LogP contribution >= 0.6 is 15.9 Å². The summed E-state index contributed by atoms with van der Waals surface area (Å²) in [6, 6.07) is 5.36. The second-order valence-corrected chi connectivity index (χ2v) is 4.75. The lowest BCUT2D eigenvalue weighted by molar-refractivity contribution is 0.615. The number of nitrogens with zero attached hydrogens (tertiary/aromatic N) is 2. The first-order chi connectivity index (χ1) is 8.65. The fraction of sp³-hybridized carbons (Fsp3) is 0.167. The zero-order valence-electron chi connectivity index (χ0n) is 9.89. The first-order valence-corrected chi connectivity index (χ1v) is 6.22. The number of hydrazine groups is 1. The number of nitrogens with one attached hydrogen (secondary N) is 1. The molecular formula is C12H14BrN5. The van der Waals surface area contributed by atoms with Crippen molar-refractivity contribution in [2.24, 2.45) is 5.84 Å². The Morgan fingerprint density at radius 3 is 2.67 bits per heavy atom. The van der Waals surface area contributed by atoms with Gasteiger partial charge in [-0.05, 0) is 46.6 Å². The second kappa shape index (κ2) is 5.43. The third kappa shape index (κ3) is 2.35. The van der Waals surface area contributed by atoms with E-state index in [0.717, 1.165) is 21.3 Å². The van der Waals surface area contributed by atoms with E-state index in [4.69, 9.17) is 11.6 Å². The molecule has 0 aromatic carbocycles. The van der Waals surface area contributed by atoms with Crippen LogP contribution in [0.1, 0.15) is 22.9 Å². The highest BCUT2D eigenvalue weighted by atomic mass is 79.9. The van der Waals surface area contributed by atoms with Gasteiger partial charge >= 0.3 is 0 Å². The Hall–Kier alpha value is -1.50. The van der Waals surface area contributed by atoms with Gasteiger partial charge in [0.05, 0.1) is 11.7 Å². The van der Waals surface area contributed by atoms with Crippen molar-refractivity contribution in [1.29, 1.82) is 0 Å². The average molecular weight is 308 g/mol. The molecule has 2 rings (SSSR count). The summed E-state index contributed by atoms with van der Waals surface area (Å²) in [6.07, 6.45) is 3.39. The summed E-state index contributed by atoms with van der Waals surface area (Å²) in [5, 5.41) is 0. The van der Waals surface area contributed by atoms with Crippen molar-refractivity contribution in [2.45, 2.75) is 13.0 Å². The lowest BCUT2D eigenvalue weighted by Gasteiger charge is -2.20. The van der Waals surface area contributed by atoms with Crippen molar-refractivity contribution < 1.29 is 0 Å². The number of aryl methyl sites for hydroxylation is 1. The first kappa shape index (κ1) is 12.9. The summed E-state index contributed by atoms with van der Waals surface area (Å²) in [5.74, 6) is 6.10. The van der Waals surface area contributed by atoms with Crippen LogP contribution in [0.2, 0.25) is 0 Å². The summed E-state index contributed by atoms with van der Waals surface area (Å²) < 4.78 is 0.871. The third-order valence-corrected chi connectivity index (χ3v) is 3.43. The molecule has 18 heavy (non-hydrogen) atoms. The van der Waals surface area contributed by atoms with E-state index in [-0.39, 0.29) is 6.04 Å². The maximum absolute atomic E-state index is 5.94. The Morgan fingerprint density at radius 1 is 1.28 bits per heavy atom. The van der Waals surface area contributed by atoms with Gasteiger partial charge in [-0.2, -0.15) is 0 Å². The predicted octanol–water partition coefficient (Wildman–Crippen LogP) is 1.68. The Bertz CT molecular complexity index is 538. The van der Waals surface area contributed by atoms with E-state index >= 15 is 0 Å². The van der Waals surface area contributed by atoms with Crippen molar-refractivity contribution in [3.05, 3.63) is 51.9 Å². The first-order valence-electron chi connectivity index (χ1n) is 5.42. The van der Waals surface area contributed by atoms with Gasteiger partial charge < -0.3 is 5.73 Å². The van der Waals surface area contributed by atoms with Gasteiger partial charge in [0.1, 0.15) is 5.82 Å². The number of halogens is 1. The molecule has 0 aliphatic carbocycles. The number of nitrogen functional groups attached to an aromatic ring is 1. The molecule has 0 saturated heterocycles. The van der Waals surface area contributed by atoms with E-state index in [0.29, 0.717) is 5.82 Å². The van der Waals surface area contributed by atoms with E-state index in [1.807, 2.05) is 25.1 Å². The number of aromatic nitrogens is 2. The van der Waals surface area contributed by atoms with Gasteiger partial charge in [-0.1, -0.05) is 0 Å². The van der Waals surface area contributed by atoms with E-state index in [1.54, 1.807) is 12.4 Å². The molecule has 5 N–H and O–H groups in total. The van der Waals surface area contributed by atoms with Crippen LogP contribution in [0.5, 0.6) is 0 Å². The molecule has 1 atom stereocenters. The Balaban J connectivity index is 2.56. The van der Waals surface area contributed by atoms with E-state index in [9.17, 15) is 0 Å². The van der Waals surface area contributed by atoms with Crippen LogP contribution in [0.3, 0.4) is 0 Å². The monoisotopic (exact) mass is 307 g/mol. The number of hydrogen-bond acceptors (Lipinski definition) is 5. The minimum atomic E-state index is -0.297. The Kier molecular flexibility index (Phi) is 3.90. The molecule has 2 aromatic heterocycles. The van der Waals surface area contributed by atoms with E-state index < -0.39 is 0 Å². The molecule has 1 unspecified atom stereocenters. The zero-order valence-corrected chi connectivity index (χ0v) is 11.5. The summed E-state index contributed by atoms with van der Waals surface area (Å²) in [7, 11) is 0. The SMILES string of the molecule is Cc1ccnc(N)c1C(NN)c1ncccc1Br. The van der Waals surface area contributed by atoms with Crippen molar-refractivity contribution in [2.75, 3.05) is 5.73 Å². The maximum Gasteiger partial charge on any atom is 0.128 e. The smallest absolute Gasteiger partial charge is 0.128 e. The molecule has 5 nitrogen and oxygen atoms in total. The van der Waals surface area contributed by atoms with Gasteiger partial charge in [0.25, 0.3) is 0 Å². The number of nitrogens with two attached hydrogens (primary N) is 2. The lowest BCUT2D eigenvalue weighted by Crippen LogP contribution is -2.31. The largest absolute Gasteiger partial charge is 0.383 e. The summed E-state index contributed by atoms with van der Waals surface area (Å²) in [6.45, 7) is 1.97. The Morgan fingerprint density at radius 2 is 2.06 bits per heavy atom. The van der Waals surface area contributed by atoms with Crippen LogP contribution in [0, 0.1) is 6.92 Å². The lowest BCUT2D eigenvalue weighted by atomic mass is 10.00. The molecule has 6 heteroatoms. The number of anilines is 1. The van der Waals surface area contributed by atoms with Gasteiger partial charge in [0.2, 0.25) is 0 Å². The molecule has 94 valence electrons. The van der Waals surface area contributed by atoms with Crippen LogP contribution in [-0.2, 0) is 0 Å². The summed E-state index contributed by atoms with van der Waals surface area (Å²) in [4.78, 5) is 8.44. The van der Waals surface area contributed by atoms with Crippen molar-refractivity contribution in [3.8, 4) is 0 Å². The van der Waals surface area contributed by atoms with Gasteiger partial charge in [0, 0.05) is 22.4 Å². The molecule has 0 radical (unpaired) electrons. The quantitative estimate of drug-likeness (QED) is 0.593. The zero-order chi connectivity index (χ0) is 13.1. The minimum absolute atomic E-state index is 0.297. The van der Waals surface area contributed by atoms with Gasteiger partial charge in [-0.15, -0.1) is 0 Å². The second-order valence-electron chi connectivity index (χ2n) is 3.90. The van der Waals surface area contributed by atoms with E-state index in [2.05, 4.69) is 31.3 Å². The van der Waals surface area contributed by atoms with Crippen LogP contribution in [0.25, 0.3) is 0 Å². The van der Waals surface area contributed by atoms with Crippen LogP contribution in [0.4, 0.5) is 5.82 Å². The minimum Gasteiger partial charge on any atom is -0.383 e. The average Bonchev–Trinajstić information content (AvgIpc) is 2.35. The molecule has 0 aliphatic rings. The van der Waals surface area contributed by atoms with Crippen molar-refractivity contribution >= 4 is 21.7 Å². The summed E-state index contributed by atoms with van der Waals surface area (Å²) >= 11 is 3.46. The predicted molar refractivity (Wildman–Crippen MR) is 74.5 cm³/mol. The van der Waals surface area contributed by atoms with Gasteiger partial charge in [-0.25, -0.2) is 10.4 Å². The molecule has 2 heterocycles. The molecule has 0 saturated carbocycles. The number of hydrogen-bond donors (Lipinski definition) is 3. The molecular weight excluding hydrogens is 294 g/mol. The van der Waals surface area contributed by atoms with Crippen LogP contribution in [0.15, 0.2) is 35.1 Å². The van der Waals surface area contributed by atoms with Gasteiger partial charge in [0.15, 0.2) is 0 Å². The molecule has 0 aliphatic heterocycles. The fourth-order valence-corrected chi connectivity index (χ4v) is 2.36. The van der Waals surface area contributed by atoms with Crippen molar-refractivity contribution in [3.63, 3.8) is 0 Å². The maximum atomic E-state index is 5.94. The number of pyridine rings is 2. The standard InChI is InChI=1S/C12H14BrN5/c1-7-4-6-17-12(14)9(7)11(18-15)10-8(13)3-2-5-16-10/h2-6,11,18H,15H2,1H3,(H2,14,17). The van der Waals surface area contributed by atoms with Crippen LogP contribution < -0.4 is 17.0 Å². The topological polar surface area (TPSA) is 89.8 Å². The highest BCUT2D eigenvalue weighted by molar-refractivity contribution is 9.10. The van der Waals surface area contributed by atoms with Crippen molar-refractivity contribution in [1.82, 2.24) is 15.4 Å². The molecule has 0 fully saturated rings. The highest BCUT2D eigenvalue weighted by Gasteiger charge is 2.21. The van der Waals surface area contributed by atoms with Gasteiger partial charge in [-0.3, -0.25) is 10.8 Å². The molecule has 2 aromatic rings. The highest BCUT2D eigenvalue weighted by Crippen LogP contribution is 2.30. The molecule has 0 spiro atoms.